The Balaban J connectivity index is 0.994. The van der Waals surface area contributed by atoms with Gasteiger partial charge in [-0.15, -0.1) is 44.9 Å². The van der Waals surface area contributed by atoms with Gasteiger partial charge in [-0.1, -0.05) is 29.4 Å². The topological polar surface area (TPSA) is 136 Å². The lowest BCUT2D eigenvalue weighted by molar-refractivity contribution is -0.274. The highest BCUT2D eigenvalue weighted by Gasteiger charge is 2.31. The average molecular weight is 624 g/mol. The van der Waals surface area contributed by atoms with Crippen molar-refractivity contribution in [1.82, 2.24) is 25.6 Å². The fourth-order valence-electron chi connectivity index (χ4n) is 4.94. The Bertz CT molecular complexity index is 1790. The van der Waals surface area contributed by atoms with Crippen LogP contribution in [-0.4, -0.2) is 56.7 Å². The van der Waals surface area contributed by atoms with E-state index in [1.54, 1.807) is 12.1 Å². The number of fused-ring (bicyclic) bond motifs is 1. The molecule has 6 rings (SSSR count). The Morgan fingerprint density at radius 1 is 1.00 bits per heavy atom. The summed E-state index contributed by atoms with van der Waals surface area (Å²) in [5, 5.41) is 25.9. The highest BCUT2D eigenvalue weighted by atomic mass is 32.1. The lowest BCUT2D eigenvalue weighted by atomic mass is 10.1. The van der Waals surface area contributed by atoms with E-state index in [4.69, 9.17) is 4.52 Å². The first kappa shape index (κ1) is 29.2. The molecule has 1 saturated heterocycles. The number of para-hydroxylation sites is 1. The number of alkyl halides is 3. The molecule has 1 fully saturated rings. The highest BCUT2D eigenvalue weighted by molar-refractivity contribution is 7.11. The molecular formula is C29H24F3N7O4S. The Morgan fingerprint density at radius 3 is 2.68 bits per heavy atom. The summed E-state index contributed by atoms with van der Waals surface area (Å²) in [6.45, 7) is 1.36. The summed E-state index contributed by atoms with van der Waals surface area (Å²) in [6, 6.07) is 16.0. The van der Waals surface area contributed by atoms with Crippen molar-refractivity contribution < 1.29 is 32.0 Å². The van der Waals surface area contributed by atoms with Crippen LogP contribution in [0.4, 0.5) is 24.8 Å². The number of rotatable bonds is 10. The van der Waals surface area contributed by atoms with Crippen molar-refractivity contribution in [3.8, 4) is 5.75 Å². The smallest absolute Gasteiger partial charge is 0.406 e. The fourth-order valence-corrected chi connectivity index (χ4v) is 5.94. The second-order valence-electron chi connectivity index (χ2n) is 10.2. The number of aromatic nitrogens is 5. The number of carbonyl (C=O) groups is 2. The largest absolute Gasteiger partial charge is 0.573 e. The number of Topliss-reactive ketones (excluding diaryl/α,β-unsaturated/α-hetero) is 1. The van der Waals surface area contributed by atoms with Crippen molar-refractivity contribution in [3.63, 3.8) is 0 Å². The molecule has 2 aromatic carbocycles. The number of hydrogen-bond donors (Lipinski definition) is 1. The van der Waals surface area contributed by atoms with Crippen molar-refractivity contribution in [2.24, 2.45) is 0 Å². The standard InChI is InChI=1S/C29H24F3N7O4S/c30-29(31,32)42-20-5-3-4-17(12-20)13-26(41)33-24-8-9-25(35-34-24)39-11-10-18(16-39)28-37-36-27(44-28)15-19(40)14-22-21-6-1-2-7-23(21)43-38-22/h1-9,12,18H,10-11,13-16H2,(H,33,34,41). The van der Waals surface area contributed by atoms with E-state index in [1.165, 1.54) is 23.5 Å². The second kappa shape index (κ2) is 12.4. The van der Waals surface area contributed by atoms with Crippen LogP contribution < -0.4 is 15.0 Å². The molecule has 15 heteroatoms. The summed E-state index contributed by atoms with van der Waals surface area (Å²) >= 11 is 1.42. The molecule has 1 unspecified atom stereocenters. The number of ketones is 1. The molecule has 0 bridgehead atoms. The van der Waals surface area contributed by atoms with Gasteiger partial charge in [0.05, 0.1) is 25.0 Å². The zero-order chi connectivity index (χ0) is 30.7. The maximum atomic E-state index is 12.7. The second-order valence-corrected chi connectivity index (χ2v) is 11.3. The number of ether oxygens (including phenoxy) is 1. The Hall–Kier alpha value is -4.92. The molecule has 226 valence electrons. The van der Waals surface area contributed by atoms with Gasteiger partial charge in [-0.05, 0) is 48.4 Å². The van der Waals surface area contributed by atoms with Crippen LogP contribution in [0.25, 0.3) is 11.0 Å². The zero-order valence-electron chi connectivity index (χ0n) is 23.0. The van der Waals surface area contributed by atoms with Crippen molar-refractivity contribution in [2.75, 3.05) is 23.3 Å². The first-order chi connectivity index (χ1) is 21.2. The number of amides is 1. The normalized spacial score (nSPS) is 15.1. The number of nitrogens with one attached hydrogen (secondary N) is 1. The molecule has 0 saturated carbocycles. The van der Waals surface area contributed by atoms with Gasteiger partial charge in [0.1, 0.15) is 21.5 Å². The molecule has 1 aliphatic heterocycles. The van der Waals surface area contributed by atoms with Crippen LogP contribution in [-0.2, 0) is 28.9 Å². The van der Waals surface area contributed by atoms with Gasteiger partial charge in [0.2, 0.25) is 5.91 Å². The van der Waals surface area contributed by atoms with E-state index < -0.39 is 18.0 Å². The number of halogens is 3. The molecule has 1 atom stereocenters. The quantitative estimate of drug-likeness (QED) is 0.229. The van der Waals surface area contributed by atoms with E-state index in [0.717, 1.165) is 28.9 Å². The van der Waals surface area contributed by atoms with Crippen LogP contribution in [0.1, 0.15) is 33.6 Å². The third-order valence-electron chi connectivity index (χ3n) is 6.92. The van der Waals surface area contributed by atoms with E-state index in [2.05, 4.69) is 40.5 Å². The van der Waals surface area contributed by atoms with E-state index in [9.17, 15) is 22.8 Å². The van der Waals surface area contributed by atoms with E-state index in [-0.39, 0.29) is 36.8 Å². The molecule has 1 N–H and O–H groups in total. The minimum atomic E-state index is -4.82. The van der Waals surface area contributed by atoms with E-state index in [1.807, 2.05) is 24.3 Å². The minimum Gasteiger partial charge on any atom is -0.406 e. The molecule has 5 aromatic rings. The predicted octanol–water partition coefficient (Wildman–Crippen LogP) is 4.90. The van der Waals surface area contributed by atoms with Crippen molar-refractivity contribution >= 4 is 45.6 Å². The number of carbonyl (C=O) groups excluding carboxylic acids is 2. The van der Waals surface area contributed by atoms with Crippen LogP contribution in [0.15, 0.2) is 65.2 Å². The number of anilines is 2. The van der Waals surface area contributed by atoms with Gasteiger partial charge in [0.25, 0.3) is 0 Å². The molecule has 0 radical (unpaired) electrons. The highest BCUT2D eigenvalue weighted by Crippen LogP contribution is 2.32. The Kier molecular flexibility index (Phi) is 8.19. The Labute approximate surface area is 252 Å². The van der Waals surface area contributed by atoms with Gasteiger partial charge in [-0.3, -0.25) is 9.59 Å². The SMILES string of the molecule is O=C(Cc1nnc(C2CCN(c3ccc(NC(=O)Cc4cccc(OC(F)(F)F)c4)nn3)C2)s1)Cc1noc2ccccc12. The van der Waals surface area contributed by atoms with Gasteiger partial charge >= 0.3 is 6.36 Å². The van der Waals surface area contributed by atoms with Gasteiger partial charge in [0, 0.05) is 24.4 Å². The maximum absolute atomic E-state index is 12.7. The van der Waals surface area contributed by atoms with Crippen LogP contribution in [0.5, 0.6) is 5.75 Å². The van der Waals surface area contributed by atoms with Crippen molar-refractivity contribution in [1.29, 1.82) is 0 Å². The number of nitrogens with zero attached hydrogens (tertiary/aromatic N) is 6. The lowest BCUT2D eigenvalue weighted by Crippen LogP contribution is -2.21. The third-order valence-corrected chi connectivity index (χ3v) is 8.01. The van der Waals surface area contributed by atoms with Crippen LogP contribution in [0.3, 0.4) is 0 Å². The molecule has 4 heterocycles. The third kappa shape index (κ3) is 7.16. The Morgan fingerprint density at radius 2 is 1.86 bits per heavy atom. The first-order valence-corrected chi connectivity index (χ1v) is 14.4. The summed E-state index contributed by atoms with van der Waals surface area (Å²) in [7, 11) is 0. The van der Waals surface area contributed by atoms with Crippen LogP contribution >= 0.6 is 11.3 Å². The van der Waals surface area contributed by atoms with Gasteiger partial charge in [-0.25, -0.2) is 0 Å². The van der Waals surface area contributed by atoms with Gasteiger partial charge in [-0.2, -0.15) is 0 Å². The minimum absolute atomic E-state index is 0.0220. The first-order valence-electron chi connectivity index (χ1n) is 13.6. The zero-order valence-corrected chi connectivity index (χ0v) is 23.8. The van der Waals surface area contributed by atoms with Gasteiger partial charge in [0.15, 0.2) is 17.2 Å². The molecule has 3 aromatic heterocycles. The van der Waals surface area contributed by atoms with Crippen molar-refractivity contribution in [3.05, 3.63) is 81.9 Å². The van der Waals surface area contributed by atoms with E-state index >= 15 is 0 Å². The molecule has 44 heavy (non-hydrogen) atoms. The molecule has 1 amide bonds. The van der Waals surface area contributed by atoms with Gasteiger partial charge < -0.3 is 19.5 Å². The van der Waals surface area contributed by atoms with Crippen LogP contribution in [0, 0.1) is 0 Å². The molecule has 0 spiro atoms. The summed E-state index contributed by atoms with van der Waals surface area (Å²) < 4.78 is 46.6. The summed E-state index contributed by atoms with van der Waals surface area (Å²) in [4.78, 5) is 27.2. The molecular weight excluding hydrogens is 599 g/mol. The van der Waals surface area contributed by atoms with Crippen molar-refractivity contribution in [2.45, 2.75) is 38.0 Å². The summed E-state index contributed by atoms with van der Waals surface area (Å²) in [6.07, 6.45) is -3.84. The molecule has 11 nitrogen and oxygen atoms in total. The monoisotopic (exact) mass is 623 g/mol. The summed E-state index contributed by atoms with van der Waals surface area (Å²) in [5.74, 6) is 0.0834. The predicted molar refractivity (Wildman–Crippen MR) is 153 cm³/mol. The number of hydrogen-bond acceptors (Lipinski definition) is 11. The molecule has 0 aliphatic carbocycles. The maximum Gasteiger partial charge on any atom is 0.573 e. The fraction of sp³-hybridized carbons (Fsp3) is 0.276. The average Bonchev–Trinajstić information content (AvgIpc) is 3.73. The van der Waals surface area contributed by atoms with E-state index in [0.29, 0.717) is 40.8 Å². The summed E-state index contributed by atoms with van der Waals surface area (Å²) in [5.41, 5.74) is 1.61. The lowest BCUT2D eigenvalue weighted by Gasteiger charge is -2.16. The van der Waals surface area contributed by atoms with Crippen LogP contribution in [0.2, 0.25) is 0 Å². The number of benzene rings is 2. The molecule has 1 aliphatic rings.